The smallest absolute Gasteiger partial charge is 0.235 e. The quantitative estimate of drug-likeness (QED) is 0.760. The highest BCUT2D eigenvalue weighted by Gasteiger charge is 2.44. The first-order valence-electron chi connectivity index (χ1n) is 9.73. The summed E-state index contributed by atoms with van der Waals surface area (Å²) in [5.74, 6) is 1.56. The molecule has 6 heteroatoms. The third kappa shape index (κ3) is 3.30. The minimum atomic E-state index is -0.433. The van der Waals surface area contributed by atoms with Crippen LogP contribution in [0, 0.1) is 13.8 Å². The molecule has 2 aliphatic rings. The highest BCUT2D eigenvalue weighted by molar-refractivity contribution is 6.52. The van der Waals surface area contributed by atoms with Crippen LogP contribution in [0.5, 0.6) is 0 Å². The lowest BCUT2D eigenvalue weighted by molar-refractivity contribution is 0.0708. The van der Waals surface area contributed by atoms with E-state index in [9.17, 15) is 0 Å². The highest BCUT2D eigenvalue weighted by Crippen LogP contribution is 2.33. The molecule has 0 N–H and O–H groups in total. The number of anilines is 2. The molecule has 146 valence electrons. The topological polar surface area (TPSA) is 49.7 Å². The molecule has 0 aromatic heterocycles. The summed E-state index contributed by atoms with van der Waals surface area (Å²) in [4.78, 5) is 13.8. The van der Waals surface area contributed by atoms with Crippen LogP contribution in [0.25, 0.3) is 0 Å². The van der Waals surface area contributed by atoms with Gasteiger partial charge in [0.05, 0.1) is 0 Å². The maximum atomic E-state index is 5.93. The minimum absolute atomic E-state index is 0.433. The van der Waals surface area contributed by atoms with E-state index in [-0.39, 0.29) is 0 Å². The fraction of sp³-hybridized carbons (Fsp3) is 0.364. The van der Waals surface area contributed by atoms with Crippen molar-refractivity contribution in [2.45, 2.75) is 40.4 Å². The van der Waals surface area contributed by atoms with E-state index in [1.807, 2.05) is 23.6 Å². The summed E-state index contributed by atoms with van der Waals surface area (Å²) in [6.07, 6.45) is -0.867. The lowest BCUT2D eigenvalue weighted by Gasteiger charge is -2.25. The molecule has 0 aliphatic carbocycles. The Bertz CT molecular complexity index is 814. The Balaban J connectivity index is 1.75. The van der Waals surface area contributed by atoms with Gasteiger partial charge in [0.1, 0.15) is 0 Å². The van der Waals surface area contributed by atoms with Gasteiger partial charge in [0.2, 0.25) is 12.7 Å². The number of fused-ring (bicyclic) bond motifs is 1. The summed E-state index contributed by atoms with van der Waals surface area (Å²) in [6, 6.07) is 16.7. The molecular weight excluding hydrogens is 352 g/mol. The lowest BCUT2D eigenvalue weighted by atomic mass is 10.2. The zero-order valence-corrected chi connectivity index (χ0v) is 16.8. The number of amidine groups is 2. The summed E-state index contributed by atoms with van der Waals surface area (Å²) in [5.41, 5.74) is 4.42. The van der Waals surface area contributed by atoms with Crippen LogP contribution in [0.15, 0.2) is 58.5 Å². The van der Waals surface area contributed by atoms with Gasteiger partial charge in [0, 0.05) is 24.6 Å². The summed E-state index contributed by atoms with van der Waals surface area (Å²) < 4.78 is 11.9. The molecule has 0 saturated heterocycles. The monoisotopic (exact) mass is 378 g/mol. The second-order valence-corrected chi connectivity index (χ2v) is 6.88. The van der Waals surface area contributed by atoms with Crippen LogP contribution < -0.4 is 9.80 Å². The first kappa shape index (κ1) is 18.7. The third-order valence-electron chi connectivity index (χ3n) is 4.82. The molecule has 0 saturated carbocycles. The van der Waals surface area contributed by atoms with Gasteiger partial charge in [-0.15, -0.1) is 0 Å². The van der Waals surface area contributed by atoms with E-state index >= 15 is 0 Å². The molecule has 2 heterocycles. The molecule has 0 fully saturated rings. The van der Waals surface area contributed by atoms with Crippen LogP contribution in [-0.4, -0.2) is 37.6 Å². The van der Waals surface area contributed by atoms with Gasteiger partial charge in [-0.25, -0.2) is 9.98 Å². The molecule has 2 aromatic rings. The Labute approximate surface area is 166 Å². The van der Waals surface area contributed by atoms with Crippen LogP contribution in [0.2, 0.25) is 0 Å². The van der Waals surface area contributed by atoms with E-state index in [2.05, 4.69) is 62.4 Å². The lowest BCUT2D eigenvalue weighted by Crippen LogP contribution is -2.40. The standard InChI is InChI=1S/C22H26N4O2/c1-5-27-21-23-19-20(25(21)17-11-7-15(3)8-12-17)24-22(28-6-2)26(19)18-13-9-16(4)10-14-18/h7-14,21-22H,5-6H2,1-4H3. The molecule has 0 radical (unpaired) electrons. The molecule has 2 atom stereocenters. The van der Waals surface area contributed by atoms with E-state index in [1.54, 1.807) is 0 Å². The molecule has 0 bridgehead atoms. The van der Waals surface area contributed by atoms with Gasteiger partial charge in [0.15, 0.2) is 11.7 Å². The normalized spacial score (nSPS) is 21.0. The van der Waals surface area contributed by atoms with E-state index < -0.39 is 12.7 Å². The number of aliphatic imine (C=N–C) groups is 2. The molecule has 0 spiro atoms. The zero-order chi connectivity index (χ0) is 19.7. The molecule has 6 nitrogen and oxygen atoms in total. The average molecular weight is 378 g/mol. The van der Waals surface area contributed by atoms with E-state index in [0.29, 0.717) is 13.2 Å². The predicted octanol–water partition coefficient (Wildman–Crippen LogP) is 4.08. The van der Waals surface area contributed by atoms with Crippen molar-refractivity contribution in [2.75, 3.05) is 23.0 Å². The molecule has 2 aromatic carbocycles. The second-order valence-electron chi connectivity index (χ2n) is 6.88. The molecule has 2 unspecified atom stereocenters. The van der Waals surface area contributed by atoms with Crippen LogP contribution in [0.1, 0.15) is 25.0 Å². The van der Waals surface area contributed by atoms with Crippen molar-refractivity contribution in [3.63, 3.8) is 0 Å². The first-order valence-corrected chi connectivity index (χ1v) is 9.73. The van der Waals surface area contributed by atoms with Crippen molar-refractivity contribution < 1.29 is 9.47 Å². The van der Waals surface area contributed by atoms with Crippen LogP contribution in [0.4, 0.5) is 11.4 Å². The Kier molecular flexibility index (Phi) is 5.15. The Hall–Kier alpha value is -2.70. The fourth-order valence-electron chi connectivity index (χ4n) is 3.42. The molecule has 0 amide bonds. The highest BCUT2D eigenvalue weighted by atomic mass is 16.5. The maximum Gasteiger partial charge on any atom is 0.235 e. The summed E-state index contributed by atoms with van der Waals surface area (Å²) in [5, 5.41) is 0. The zero-order valence-electron chi connectivity index (χ0n) is 16.8. The van der Waals surface area contributed by atoms with Crippen molar-refractivity contribution in [1.82, 2.24) is 0 Å². The van der Waals surface area contributed by atoms with Gasteiger partial charge < -0.3 is 9.47 Å². The number of hydrogen-bond donors (Lipinski definition) is 0. The van der Waals surface area contributed by atoms with Crippen molar-refractivity contribution in [1.29, 1.82) is 0 Å². The van der Waals surface area contributed by atoms with Gasteiger partial charge in [-0.1, -0.05) is 35.4 Å². The Morgan fingerprint density at radius 1 is 0.679 bits per heavy atom. The number of hydrogen-bond acceptors (Lipinski definition) is 6. The van der Waals surface area contributed by atoms with Crippen molar-refractivity contribution in [2.24, 2.45) is 9.98 Å². The van der Waals surface area contributed by atoms with Crippen molar-refractivity contribution in [3.05, 3.63) is 59.7 Å². The summed E-state index contributed by atoms with van der Waals surface area (Å²) in [7, 11) is 0. The largest absolute Gasteiger partial charge is 0.339 e. The van der Waals surface area contributed by atoms with Gasteiger partial charge in [0.25, 0.3) is 0 Å². The number of aryl methyl sites for hydroxylation is 2. The molecule has 4 rings (SSSR count). The van der Waals surface area contributed by atoms with Crippen molar-refractivity contribution in [3.8, 4) is 0 Å². The molecular formula is C22H26N4O2. The molecule has 28 heavy (non-hydrogen) atoms. The van der Waals surface area contributed by atoms with Gasteiger partial charge in [-0.3, -0.25) is 9.80 Å². The van der Waals surface area contributed by atoms with E-state index in [1.165, 1.54) is 11.1 Å². The number of rotatable bonds is 6. The SMILES string of the molecule is CCOC1N=C2C(=NC(OCC)N2c2ccc(C)cc2)N1c1ccc(C)cc1. The second kappa shape index (κ2) is 7.73. The van der Waals surface area contributed by atoms with Crippen molar-refractivity contribution >= 4 is 23.0 Å². The number of benzene rings is 2. The minimum Gasteiger partial charge on any atom is -0.339 e. The Morgan fingerprint density at radius 3 is 1.36 bits per heavy atom. The summed E-state index contributed by atoms with van der Waals surface area (Å²) in [6.45, 7) is 9.24. The maximum absolute atomic E-state index is 5.93. The van der Waals surface area contributed by atoms with Gasteiger partial charge in [-0.2, -0.15) is 0 Å². The average Bonchev–Trinajstić information content (AvgIpc) is 3.19. The first-order chi connectivity index (χ1) is 13.6. The van der Waals surface area contributed by atoms with Gasteiger partial charge in [-0.05, 0) is 52.0 Å². The van der Waals surface area contributed by atoms with E-state index in [0.717, 1.165) is 23.0 Å². The summed E-state index contributed by atoms with van der Waals surface area (Å²) >= 11 is 0. The molecule has 2 aliphatic heterocycles. The van der Waals surface area contributed by atoms with Crippen LogP contribution in [0.3, 0.4) is 0 Å². The van der Waals surface area contributed by atoms with Crippen LogP contribution in [-0.2, 0) is 9.47 Å². The third-order valence-corrected chi connectivity index (χ3v) is 4.82. The number of ether oxygens (including phenoxy) is 2. The Morgan fingerprint density at radius 2 is 1.04 bits per heavy atom. The van der Waals surface area contributed by atoms with Crippen LogP contribution >= 0.6 is 0 Å². The predicted molar refractivity (Wildman–Crippen MR) is 113 cm³/mol. The fourth-order valence-corrected chi connectivity index (χ4v) is 3.42. The van der Waals surface area contributed by atoms with E-state index in [4.69, 9.17) is 19.5 Å². The number of nitrogens with zero attached hydrogens (tertiary/aromatic N) is 4. The van der Waals surface area contributed by atoms with Gasteiger partial charge >= 0.3 is 0 Å².